The van der Waals surface area contributed by atoms with E-state index in [9.17, 15) is 0 Å². The Bertz CT molecular complexity index is 453. The molecule has 0 heterocycles. The molecule has 0 radical (unpaired) electrons. The summed E-state index contributed by atoms with van der Waals surface area (Å²) in [5, 5.41) is 9.02. The summed E-state index contributed by atoms with van der Waals surface area (Å²) in [6.45, 7) is -0.0295. The standard InChI is InChI=1S/C14H15NO/c15-14(10-16)13-8-4-7-12(9-13)11-5-2-1-3-6-11/h1-9,14,16H,10,15H2. The summed E-state index contributed by atoms with van der Waals surface area (Å²) in [7, 11) is 0. The van der Waals surface area contributed by atoms with Gasteiger partial charge in [0.05, 0.1) is 12.6 Å². The molecule has 3 N–H and O–H groups in total. The Morgan fingerprint density at radius 2 is 1.62 bits per heavy atom. The minimum absolute atomic E-state index is 0.0295. The van der Waals surface area contributed by atoms with E-state index in [0.29, 0.717) is 0 Å². The number of hydrogen-bond donors (Lipinski definition) is 2. The summed E-state index contributed by atoms with van der Waals surface area (Å²) >= 11 is 0. The Kier molecular flexibility index (Phi) is 3.34. The van der Waals surface area contributed by atoms with E-state index in [1.165, 1.54) is 0 Å². The summed E-state index contributed by atoms with van der Waals surface area (Å²) < 4.78 is 0. The fourth-order valence-corrected chi connectivity index (χ4v) is 1.68. The Labute approximate surface area is 95.4 Å². The molecule has 2 aromatic rings. The van der Waals surface area contributed by atoms with Gasteiger partial charge in [0.15, 0.2) is 0 Å². The van der Waals surface area contributed by atoms with Crippen LogP contribution in [0.2, 0.25) is 0 Å². The molecule has 0 bridgehead atoms. The van der Waals surface area contributed by atoms with Crippen molar-refractivity contribution in [2.75, 3.05) is 6.61 Å². The first kappa shape index (κ1) is 10.9. The van der Waals surface area contributed by atoms with Gasteiger partial charge in [0.2, 0.25) is 0 Å². The molecule has 16 heavy (non-hydrogen) atoms. The van der Waals surface area contributed by atoms with Crippen molar-refractivity contribution >= 4 is 0 Å². The van der Waals surface area contributed by atoms with Crippen LogP contribution in [0.25, 0.3) is 11.1 Å². The molecule has 0 spiro atoms. The molecule has 0 saturated heterocycles. The first-order valence-corrected chi connectivity index (χ1v) is 5.33. The topological polar surface area (TPSA) is 46.2 Å². The van der Waals surface area contributed by atoms with Gasteiger partial charge in [0, 0.05) is 0 Å². The van der Waals surface area contributed by atoms with E-state index in [2.05, 4.69) is 12.1 Å². The lowest BCUT2D eigenvalue weighted by Crippen LogP contribution is -2.14. The smallest absolute Gasteiger partial charge is 0.0624 e. The second-order valence-electron chi connectivity index (χ2n) is 3.78. The van der Waals surface area contributed by atoms with Gasteiger partial charge in [-0.1, -0.05) is 48.5 Å². The van der Waals surface area contributed by atoms with Crippen LogP contribution in [0.1, 0.15) is 11.6 Å². The lowest BCUT2D eigenvalue weighted by Gasteiger charge is -2.10. The Hall–Kier alpha value is -1.64. The van der Waals surface area contributed by atoms with Crippen LogP contribution in [0, 0.1) is 0 Å². The van der Waals surface area contributed by atoms with Crippen molar-refractivity contribution in [3.63, 3.8) is 0 Å². The van der Waals surface area contributed by atoms with Gasteiger partial charge in [0.25, 0.3) is 0 Å². The minimum Gasteiger partial charge on any atom is -0.394 e. The third-order valence-electron chi connectivity index (χ3n) is 2.62. The highest BCUT2D eigenvalue weighted by molar-refractivity contribution is 5.64. The molecular weight excluding hydrogens is 198 g/mol. The van der Waals surface area contributed by atoms with Crippen molar-refractivity contribution in [2.45, 2.75) is 6.04 Å². The first-order valence-electron chi connectivity index (χ1n) is 5.33. The van der Waals surface area contributed by atoms with E-state index in [4.69, 9.17) is 10.8 Å². The first-order chi connectivity index (χ1) is 7.81. The molecule has 0 saturated carbocycles. The van der Waals surface area contributed by atoms with Gasteiger partial charge in [-0.2, -0.15) is 0 Å². The van der Waals surface area contributed by atoms with E-state index >= 15 is 0 Å². The van der Waals surface area contributed by atoms with Crippen LogP contribution < -0.4 is 5.73 Å². The van der Waals surface area contributed by atoms with Crippen LogP contribution in [0.5, 0.6) is 0 Å². The molecular formula is C14H15NO. The number of benzene rings is 2. The summed E-state index contributed by atoms with van der Waals surface area (Å²) in [6.07, 6.45) is 0. The largest absolute Gasteiger partial charge is 0.394 e. The fraction of sp³-hybridized carbons (Fsp3) is 0.143. The fourth-order valence-electron chi connectivity index (χ4n) is 1.68. The predicted molar refractivity (Wildman–Crippen MR) is 65.9 cm³/mol. The molecule has 1 atom stereocenters. The molecule has 0 aliphatic rings. The van der Waals surface area contributed by atoms with Gasteiger partial charge in [-0.3, -0.25) is 0 Å². The van der Waals surface area contributed by atoms with E-state index in [0.717, 1.165) is 16.7 Å². The number of aliphatic hydroxyl groups excluding tert-OH is 1. The average molecular weight is 213 g/mol. The average Bonchev–Trinajstić information content (AvgIpc) is 2.39. The molecule has 2 nitrogen and oxygen atoms in total. The summed E-state index contributed by atoms with van der Waals surface area (Å²) in [5.74, 6) is 0. The van der Waals surface area contributed by atoms with E-state index in [1.807, 2.05) is 42.5 Å². The highest BCUT2D eigenvalue weighted by atomic mass is 16.3. The molecule has 82 valence electrons. The number of rotatable bonds is 3. The Morgan fingerprint density at radius 3 is 2.31 bits per heavy atom. The normalized spacial score (nSPS) is 12.4. The van der Waals surface area contributed by atoms with Gasteiger partial charge >= 0.3 is 0 Å². The maximum absolute atomic E-state index is 9.02. The third kappa shape index (κ3) is 2.30. The van der Waals surface area contributed by atoms with Crippen LogP contribution >= 0.6 is 0 Å². The van der Waals surface area contributed by atoms with Crippen LogP contribution in [-0.2, 0) is 0 Å². The molecule has 0 fully saturated rings. The van der Waals surface area contributed by atoms with Gasteiger partial charge in [-0.05, 0) is 22.8 Å². The maximum atomic E-state index is 9.02. The van der Waals surface area contributed by atoms with Crippen LogP contribution in [0.15, 0.2) is 54.6 Å². The van der Waals surface area contributed by atoms with Gasteiger partial charge < -0.3 is 10.8 Å². The zero-order chi connectivity index (χ0) is 11.4. The molecule has 1 unspecified atom stereocenters. The van der Waals surface area contributed by atoms with E-state index in [-0.39, 0.29) is 12.6 Å². The monoisotopic (exact) mass is 213 g/mol. The highest BCUT2D eigenvalue weighted by Gasteiger charge is 2.05. The Morgan fingerprint density at radius 1 is 0.938 bits per heavy atom. The summed E-state index contributed by atoms with van der Waals surface area (Å²) in [6, 6.07) is 17.8. The molecule has 0 aliphatic heterocycles. The quantitative estimate of drug-likeness (QED) is 0.822. The molecule has 2 rings (SSSR count). The summed E-state index contributed by atoms with van der Waals surface area (Å²) in [5.41, 5.74) is 9.04. The third-order valence-corrected chi connectivity index (χ3v) is 2.62. The van der Waals surface area contributed by atoms with E-state index in [1.54, 1.807) is 0 Å². The zero-order valence-electron chi connectivity index (χ0n) is 9.01. The molecule has 2 aromatic carbocycles. The van der Waals surface area contributed by atoms with Crippen molar-refractivity contribution in [1.29, 1.82) is 0 Å². The number of nitrogens with two attached hydrogens (primary N) is 1. The van der Waals surface area contributed by atoms with Crippen molar-refractivity contribution in [3.8, 4) is 11.1 Å². The molecule has 2 heteroatoms. The Balaban J connectivity index is 2.36. The van der Waals surface area contributed by atoms with E-state index < -0.39 is 0 Å². The van der Waals surface area contributed by atoms with Crippen LogP contribution in [-0.4, -0.2) is 11.7 Å². The van der Waals surface area contributed by atoms with Crippen molar-refractivity contribution in [3.05, 3.63) is 60.2 Å². The van der Waals surface area contributed by atoms with Crippen molar-refractivity contribution in [2.24, 2.45) is 5.73 Å². The lowest BCUT2D eigenvalue weighted by molar-refractivity contribution is 0.268. The second kappa shape index (κ2) is 4.92. The van der Waals surface area contributed by atoms with Crippen molar-refractivity contribution < 1.29 is 5.11 Å². The van der Waals surface area contributed by atoms with Crippen molar-refractivity contribution in [1.82, 2.24) is 0 Å². The summed E-state index contributed by atoms with van der Waals surface area (Å²) in [4.78, 5) is 0. The number of aliphatic hydroxyl groups is 1. The minimum atomic E-state index is -0.302. The molecule has 0 aromatic heterocycles. The van der Waals surface area contributed by atoms with Crippen LogP contribution in [0.4, 0.5) is 0 Å². The second-order valence-corrected chi connectivity index (χ2v) is 3.78. The van der Waals surface area contributed by atoms with Gasteiger partial charge in [-0.15, -0.1) is 0 Å². The number of hydrogen-bond acceptors (Lipinski definition) is 2. The molecule has 0 aliphatic carbocycles. The SMILES string of the molecule is NC(CO)c1cccc(-c2ccccc2)c1. The lowest BCUT2D eigenvalue weighted by atomic mass is 10.0. The van der Waals surface area contributed by atoms with Crippen LogP contribution in [0.3, 0.4) is 0 Å². The predicted octanol–water partition coefficient (Wildman–Crippen LogP) is 2.35. The molecule has 0 amide bonds. The highest BCUT2D eigenvalue weighted by Crippen LogP contribution is 2.22. The van der Waals surface area contributed by atoms with Gasteiger partial charge in [-0.25, -0.2) is 0 Å². The maximum Gasteiger partial charge on any atom is 0.0624 e. The van der Waals surface area contributed by atoms with Gasteiger partial charge in [0.1, 0.15) is 0 Å². The zero-order valence-corrected chi connectivity index (χ0v) is 9.01.